The maximum Gasteiger partial charge on any atom is 0.140 e. The highest BCUT2D eigenvalue weighted by molar-refractivity contribution is 5.93. The van der Waals surface area contributed by atoms with Gasteiger partial charge >= 0.3 is 0 Å². The highest BCUT2D eigenvalue weighted by Gasteiger charge is 2.13. The van der Waals surface area contributed by atoms with Crippen molar-refractivity contribution < 1.29 is 9.84 Å². The number of aromatic hydroxyl groups is 1. The molecule has 0 radical (unpaired) electrons. The lowest BCUT2D eigenvalue weighted by Crippen LogP contribution is -1.97. The second-order valence-electron chi connectivity index (χ2n) is 4.87. The molecule has 0 saturated carbocycles. The Morgan fingerprint density at radius 2 is 1.90 bits per heavy atom. The van der Waals surface area contributed by atoms with Gasteiger partial charge in [-0.15, -0.1) is 0 Å². The van der Waals surface area contributed by atoms with E-state index in [1.807, 2.05) is 38.1 Å². The van der Waals surface area contributed by atoms with Crippen molar-refractivity contribution >= 4 is 16.7 Å². The maximum absolute atomic E-state index is 9.84. The van der Waals surface area contributed by atoms with E-state index in [2.05, 4.69) is 9.97 Å². The van der Waals surface area contributed by atoms with E-state index in [1.54, 1.807) is 6.07 Å². The number of phenolic OH excluding ortho intramolecular Hbond substituents is 1. The van der Waals surface area contributed by atoms with Crippen molar-refractivity contribution in [1.82, 2.24) is 9.97 Å². The van der Waals surface area contributed by atoms with Gasteiger partial charge in [0.15, 0.2) is 0 Å². The summed E-state index contributed by atoms with van der Waals surface area (Å²) >= 11 is 0. The molecule has 0 atom stereocenters. The number of nitrogens with zero attached hydrogens (tertiary/aromatic N) is 2. The summed E-state index contributed by atoms with van der Waals surface area (Å²) in [5.74, 6) is 1.75. The summed E-state index contributed by atoms with van der Waals surface area (Å²) in [5.41, 5.74) is 8.27. The fourth-order valence-electron chi connectivity index (χ4n) is 2.27. The zero-order valence-electron chi connectivity index (χ0n) is 11.8. The number of hydrogen-bond acceptors (Lipinski definition) is 5. The molecular weight excluding hydrogens is 266 g/mol. The summed E-state index contributed by atoms with van der Waals surface area (Å²) in [6.45, 7) is 3.73. The van der Waals surface area contributed by atoms with Gasteiger partial charge in [-0.2, -0.15) is 0 Å². The Labute approximate surface area is 122 Å². The van der Waals surface area contributed by atoms with Gasteiger partial charge in [0.2, 0.25) is 0 Å². The quantitative estimate of drug-likeness (QED) is 0.753. The maximum atomic E-state index is 9.84. The Kier molecular flexibility index (Phi) is 3.10. The van der Waals surface area contributed by atoms with Crippen LogP contribution >= 0.6 is 0 Å². The van der Waals surface area contributed by atoms with Crippen LogP contribution in [0.4, 0.5) is 5.82 Å². The Bertz CT molecular complexity index is 826. The minimum atomic E-state index is 0.194. The van der Waals surface area contributed by atoms with E-state index in [0.717, 1.165) is 11.1 Å². The molecule has 0 saturated heterocycles. The zero-order chi connectivity index (χ0) is 15.0. The van der Waals surface area contributed by atoms with Gasteiger partial charge in [0, 0.05) is 5.56 Å². The molecule has 3 rings (SSSR count). The van der Waals surface area contributed by atoms with Crippen molar-refractivity contribution in [1.29, 1.82) is 0 Å². The first-order valence-electron chi connectivity index (χ1n) is 6.54. The van der Waals surface area contributed by atoms with Gasteiger partial charge in [0.1, 0.15) is 29.4 Å². The number of aryl methyl sites for hydroxylation is 1. The molecule has 0 aliphatic carbocycles. The second-order valence-corrected chi connectivity index (χ2v) is 4.87. The van der Waals surface area contributed by atoms with Crippen LogP contribution in [0, 0.1) is 13.8 Å². The molecule has 3 aromatic rings. The van der Waals surface area contributed by atoms with E-state index >= 15 is 0 Å². The summed E-state index contributed by atoms with van der Waals surface area (Å²) in [4.78, 5) is 8.20. The third-order valence-electron chi connectivity index (χ3n) is 3.44. The predicted molar refractivity (Wildman–Crippen MR) is 81.6 cm³/mol. The van der Waals surface area contributed by atoms with Crippen LogP contribution in [0.2, 0.25) is 0 Å². The minimum absolute atomic E-state index is 0.194. The summed E-state index contributed by atoms with van der Waals surface area (Å²) in [6.07, 6.45) is 1.42. The fourth-order valence-corrected chi connectivity index (χ4v) is 2.27. The molecule has 0 bridgehead atoms. The standard InChI is InChI=1S/C16H15N3O2/c1-9-6-7-12(20)10(2)15(9)21-13-5-3-4-11-14(13)16(17)19-8-18-11/h3-8,20H,1-2H3,(H2,17,18,19). The molecule has 5 nitrogen and oxygen atoms in total. The molecule has 106 valence electrons. The number of nitrogen functional groups attached to an aromatic ring is 1. The van der Waals surface area contributed by atoms with E-state index in [1.165, 1.54) is 6.33 Å². The van der Waals surface area contributed by atoms with Crippen molar-refractivity contribution in [3.8, 4) is 17.2 Å². The van der Waals surface area contributed by atoms with E-state index in [0.29, 0.717) is 28.3 Å². The number of rotatable bonds is 2. The van der Waals surface area contributed by atoms with Gasteiger partial charge in [-0.05, 0) is 37.6 Å². The van der Waals surface area contributed by atoms with E-state index < -0.39 is 0 Å². The third-order valence-corrected chi connectivity index (χ3v) is 3.44. The highest BCUT2D eigenvalue weighted by atomic mass is 16.5. The monoisotopic (exact) mass is 281 g/mol. The number of anilines is 1. The molecule has 21 heavy (non-hydrogen) atoms. The number of hydrogen-bond donors (Lipinski definition) is 2. The molecule has 0 aliphatic rings. The SMILES string of the molecule is Cc1ccc(O)c(C)c1Oc1cccc2ncnc(N)c12. The van der Waals surface area contributed by atoms with Crippen molar-refractivity contribution in [2.75, 3.05) is 5.73 Å². The van der Waals surface area contributed by atoms with Gasteiger partial charge in [-0.1, -0.05) is 12.1 Å². The van der Waals surface area contributed by atoms with Crippen LogP contribution in [-0.2, 0) is 0 Å². The number of nitrogens with two attached hydrogens (primary N) is 1. The van der Waals surface area contributed by atoms with Crippen molar-refractivity contribution in [3.05, 3.63) is 47.8 Å². The topological polar surface area (TPSA) is 81.3 Å². The van der Waals surface area contributed by atoms with Gasteiger partial charge in [0.25, 0.3) is 0 Å². The van der Waals surface area contributed by atoms with Gasteiger partial charge in [-0.3, -0.25) is 0 Å². The summed E-state index contributed by atoms with van der Waals surface area (Å²) in [5, 5.41) is 10.5. The highest BCUT2D eigenvalue weighted by Crippen LogP contribution is 2.37. The van der Waals surface area contributed by atoms with Crippen LogP contribution in [0.15, 0.2) is 36.7 Å². The molecule has 3 N–H and O–H groups in total. The Balaban J connectivity index is 2.18. The number of phenols is 1. The molecule has 0 spiro atoms. The third kappa shape index (κ3) is 2.23. The molecule has 0 fully saturated rings. The number of fused-ring (bicyclic) bond motifs is 1. The van der Waals surface area contributed by atoms with Gasteiger partial charge in [0.05, 0.1) is 10.9 Å². The normalized spacial score (nSPS) is 10.8. The largest absolute Gasteiger partial charge is 0.508 e. The Morgan fingerprint density at radius 3 is 2.71 bits per heavy atom. The molecule has 1 heterocycles. The van der Waals surface area contributed by atoms with Crippen LogP contribution in [0.1, 0.15) is 11.1 Å². The molecule has 0 aliphatic heterocycles. The molecule has 1 aromatic heterocycles. The lowest BCUT2D eigenvalue weighted by Gasteiger charge is -2.14. The Morgan fingerprint density at radius 1 is 1.10 bits per heavy atom. The van der Waals surface area contributed by atoms with Crippen molar-refractivity contribution in [2.24, 2.45) is 0 Å². The molecule has 0 amide bonds. The summed E-state index contributed by atoms with van der Waals surface area (Å²) in [6, 6.07) is 8.96. The van der Waals surface area contributed by atoms with Gasteiger partial charge < -0.3 is 15.6 Å². The average Bonchev–Trinajstić information content (AvgIpc) is 2.48. The van der Waals surface area contributed by atoms with Crippen LogP contribution in [0.3, 0.4) is 0 Å². The van der Waals surface area contributed by atoms with E-state index in [9.17, 15) is 5.11 Å². The number of ether oxygens (including phenoxy) is 1. The van der Waals surface area contributed by atoms with Crippen LogP contribution in [-0.4, -0.2) is 15.1 Å². The van der Waals surface area contributed by atoms with Crippen molar-refractivity contribution in [2.45, 2.75) is 13.8 Å². The first-order chi connectivity index (χ1) is 10.1. The first-order valence-corrected chi connectivity index (χ1v) is 6.54. The smallest absolute Gasteiger partial charge is 0.140 e. The van der Waals surface area contributed by atoms with Crippen LogP contribution < -0.4 is 10.5 Å². The van der Waals surface area contributed by atoms with Crippen LogP contribution in [0.5, 0.6) is 17.2 Å². The predicted octanol–water partition coefficient (Wildman–Crippen LogP) is 3.33. The Hall–Kier alpha value is -2.82. The lowest BCUT2D eigenvalue weighted by molar-refractivity contribution is 0.448. The van der Waals surface area contributed by atoms with Crippen LogP contribution in [0.25, 0.3) is 10.9 Å². The van der Waals surface area contributed by atoms with E-state index in [-0.39, 0.29) is 5.75 Å². The number of aromatic nitrogens is 2. The molecule has 2 aromatic carbocycles. The molecule has 5 heteroatoms. The van der Waals surface area contributed by atoms with Gasteiger partial charge in [-0.25, -0.2) is 9.97 Å². The minimum Gasteiger partial charge on any atom is -0.508 e. The summed E-state index contributed by atoms with van der Waals surface area (Å²) < 4.78 is 5.99. The van der Waals surface area contributed by atoms with Crippen molar-refractivity contribution in [3.63, 3.8) is 0 Å². The lowest BCUT2D eigenvalue weighted by atomic mass is 10.1. The first kappa shape index (κ1) is 13.2. The zero-order valence-corrected chi connectivity index (χ0v) is 11.8. The summed E-state index contributed by atoms with van der Waals surface area (Å²) in [7, 11) is 0. The number of benzene rings is 2. The molecular formula is C16H15N3O2. The van der Waals surface area contributed by atoms with E-state index in [4.69, 9.17) is 10.5 Å². The second kappa shape index (κ2) is 4.94. The molecule has 0 unspecified atom stereocenters. The fraction of sp³-hybridized carbons (Fsp3) is 0.125. The average molecular weight is 281 g/mol.